The van der Waals surface area contributed by atoms with Crippen LogP contribution in [0.3, 0.4) is 0 Å². The second-order valence-electron chi connectivity index (χ2n) is 4.24. The fourth-order valence-corrected chi connectivity index (χ4v) is 1.63. The zero-order chi connectivity index (χ0) is 14.5. The molecule has 6 nitrogen and oxygen atoms in total. The minimum absolute atomic E-state index is 0.148. The average Bonchev–Trinajstić information content (AvgIpc) is 2.42. The van der Waals surface area contributed by atoms with Crippen molar-refractivity contribution in [1.82, 2.24) is 15.5 Å². The number of likely N-dealkylation sites (N-methyl/N-ethyl adjacent to an activating group) is 1. The topological polar surface area (TPSA) is 70.7 Å². The van der Waals surface area contributed by atoms with Crippen LogP contribution in [0, 0.1) is 0 Å². The molecule has 0 aliphatic heterocycles. The lowest BCUT2D eigenvalue weighted by Gasteiger charge is -2.18. The Morgan fingerprint density at radius 1 is 1.05 bits per heavy atom. The van der Waals surface area contributed by atoms with Gasteiger partial charge in [-0.05, 0) is 25.9 Å². The van der Waals surface area contributed by atoms with E-state index < -0.39 is 0 Å². The minimum atomic E-state index is -0.205. The van der Waals surface area contributed by atoms with Gasteiger partial charge in [-0.3, -0.25) is 4.79 Å². The van der Waals surface area contributed by atoms with Crippen LogP contribution in [0.4, 0.5) is 4.79 Å². The first kappa shape index (κ1) is 17.7. The molecule has 112 valence electrons. The number of unbranched alkanes of at least 4 members (excludes halogenated alkanes) is 1. The van der Waals surface area contributed by atoms with Crippen molar-refractivity contribution in [2.24, 2.45) is 0 Å². The van der Waals surface area contributed by atoms with Gasteiger partial charge in [0, 0.05) is 26.1 Å². The maximum absolute atomic E-state index is 11.4. The molecule has 0 rings (SSSR count). The van der Waals surface area contributed by atoms with E-state index in [2.05, 4.69) is 34.1 Å². The fraction of sp³-hybridized carbons (Fsp3) is 0.846. The largest absolute Gasteiger partial charge is 0.469 e. The first-order chi connectivity index (χ1) is 9.13. The lowest BCUT2D eigenvalue weighted by molar-refractivity contribution is -0.140. The number of carbonyl (C=O) groups excluding carboxylic acids is 2. The van der Waals surface area contributed by atoms with Gasteiger partial charge in [-0.2, -0.15) is 0 Å². The highest BCUT2D eigenvalue weighted by molar-refractivity contribution is 5.73. The molecule has 0 heterocycles. The molecule has 0 atom stereocenters. The van der Waals surface area contributed by atoms with Crippen molar-refractivity contribution < 1.29 is 14.3 Å². The van der Waals surface area contributed by atoms with Crippen LogP contribution in [0.2, 0.25) is 0 Å². The molecular formula is C13H27N3O3. The number of carbonyl (C=O) groups is 2. The van der Waals surface area contributed by atoms with E-state index in [0.29, 0.717) is 19.5 Å². The molecule has 6 heteroatoms. The van der Waals surface area contributed by atoms with Crippen molar-refractivity contribution in [2.75, 3.05) is 39.8 Å². The van der Waals surface area contributed by atoms with Crippen LogP contribution in [-0.4, -0.2) is 56.7 Å². The number of amides is 2. The standard InChI is InChI=1S/C13H27N3O3/c1-4-16(5-2)11-10-15-13(18)14-9-7-6-8-12(17)19-3/h4-11H2,1-3H3,(H2,14,15,18). The molecule has 0 unspecified atom stereocenters. The van der Waals surface area contributed by atoms with E-state index in [4.69, 9.17) is 0 Å². The Morgan fingerprint density at radius 2 is 1.68 bits per heavy atom. The number of methoxy groups -OCH3 is 1. The average molecular weight is 273 g/mol. The monoisotopic (exact) mass is 273 g/mol. The summed E-state index contributed by atoms with van der Waals surface area (Å²) in [6, 6.07) is -0.148. The van der Waals surface area contributed by atoms with Gasteiger partial charge in [-0.15, -0.1) is 0 Å². The third-order valence-corrected chi connectivity index (χ3v) is 2.93. The number of urea groups is 1. The van der Waals surface area contributed by atoms with E-state index in [1.54, 1.807) is 0 Å². The van der Waals surface area contributed by atoms with Gasteiger partial charge in [-0.25, -0.2) is 4.79 Å². The molecule has 2 amide bonds. The summed E-state index contributed by atoms with van der Waals surface area (Å²) in [5.41, 5.74) is 0. The van der Waals surface area contributed by atoms with Crippen molar-refractivity contribution in [1.29, 1.82) is 0 Å². The Kier molecular flexibility index (Phi) is 11.0. The van der Waals surface area contributed by atoms with Gasteiger partial charge in [0.2, 0.25) is 0 Å². The summed E-state index contributed by atoms with van der Waals surface area (Å²) in [7, 11) is 1.38. The lowest BCUT2D eigenvalue weighted by atomic mass is 10.2. The van der Waals surface area contributed by atoms with E-state index >= 15 is 0 Å². The van der Waals surface area contributed by atoms with E-state index in [1.807, 2.05) is 0 Å². The van der Waals surface area contributed by atoms with Gasteiger partial charge in [0.25, 0.3) is 0 Å². The molecule has 0 aliphatic carbocycles. The highest BCUT2D eigenvalue weighted by Gasteiger charge is 2.02. The Labute approximate surface area is 115 Å². The van der Waals surface area contributed by atoms with E-state index in [0.717, 1.165) is 32.5 Å². The number of ether oxygens (including phenoxy) is 1. The van der Waals surface area contributed by atoms with Gasteiger partial charge >= 0.3 is 12.0 Å². The van der Waals surface area contributed by atoms with Gasteiger partial charge < -0.3 is 20.3 Å². The van der Waals surface area contributed by atoms with Crippen molar-refractivity contribution in [2.45, 2.75) is 33.1 Å². The molecule has 2 N–H and O–H groups in total. The van der Waals surface area contributed by atoms with Crippen LogP contribution < -0.4 is 10.6 Å². The van der Waals surface area contributed by atoms with Gasteiger partial charge in [0.15, 0.2) is 0 Å². The highest BCUT2D eigenvalue weighted by Crippen LogP contribution is 1.95. The van der Waals surface area contributed by atoms with Gasteiger partial charge in [-0.1, -0.05) is 13.8 Å². The molecule has 0 aromatic heterocycles. The van der Waals surface area contributed by atoms with Crippen molar-refractivity contribution in [3.63, 3.8) is 0 Å². The molecule has 0 aliphatic rings. The summed E-state index contributed by atoms with van der Waals surface area (Å²) >= 11 is 0. The first-order valence-corrected chi connectivity index (χ1v) is 6.94. The van der Waals surface area contributed by atoms with Crippen LogP contribution in [0.1, 0.15) is 33.1 Å². The summed E-state index contributed by atoms with van der Waals surface area (Å²) in [5.74, 6) is -0.205. The van der Waals surface area contributed by atoms with Crippen LogP contribution >= 0.6 is 0 Å². The van der Waals surface area contributed by atoms with E-state index in [1.165, 1.54) is 7.11 Å². The summed E-state index contributed by atoms with van der Waals surface area (Å²) in [5, 5.41) is 5.57. The molecule has 0 bridgehead atoms. The normalized spacial score (nSPS) is 10.3. The highest BCUT2D eigenvalue weighted by atomic mass is 16.5. The van der Waals surface area contributed by atoms with E-state index in [-0.39, 0.29) is 12.0 Å². The Morgan fingerprint density at radius 3 is 2.26 bits per heavy atom. The summed E-state index contributed by atoms with van der Waals surface area (Å²) in [4.78, 5) is 24.5. The summed E-state index contributed by atoms with van der Waals surface area (Å²) in [6.45, 7) is 8.28. The van der Waals surface area contributed by atoms with Crippen molar-refractivity contribution in [3.8, 4) is 0 Å². The molecule has 0 radical (unpaired) electrons. The maximum Gasteiger partial charge on any atom is 0.314 e. The predicted molar refractivity (Wildman–Crippen MR) is 75.1 cm³/mol. The zero-order valence-corrected chi connectivity index (χ0v) is 12.3. The van der Waals surface area contributed by atoms with E-state index in [9.17, 15) is 9.59 Å². The van der Waals surface area contributed by atoms with Crippen molar-refractivity contribution >= 4 is 12.0 Å². The summed E-state index contributed by atoms with van der Waals surface area (Å²) in [6.07, 6.45) is 1.91. The minimum Gasteiger partial charge on any atom is -0.469 e. The number of nitrogens with zero attached hydrogens (tertiary/aromatic N) is 1. The molecule has 19 heavy (non-hydrogen) atoms. The number of nitrogens with one attached hydrogen (secondary N) is 2. The summed E-state index contributed by atoms with van der Waals surface area (Å²) < 4.78 is 4.53. The van der Waals surface area contributed by atoms with Gasteiger partial charge in [0.1, 0.15) is 0 Å². The lowest BCUT2D eigenvalue weighted by Crippen LogP contribution is -2.40. The number of hydrogen-bond donors (Lipinski definition) is 2. The second-order valence-corrected chi connectivity index (χ2v) is 4.24. The van der Waals surface area contributed by atoms with Crippen LogP contribution in [-0.2, 0) is 9.53 Å². The first-order valence-electron chi connectivity index (χ1n) is 6.94. The van der Waals surface area contributed by atoms with Crippen molar-refractivity contribution in [3.05, 3.63) is 0 Å². The molecule has 0 aromatic carbocycles. The number of hydrogen-bond acceptors (Lipinski definition) is 4. The Balaban J connectivity index is 3.42. The zero-order valence-electron chi connectivity index (χ0n) is 12.3. The van der Waals surface area contributed by atoms with Crippen LogP contribution in [0.25, 0.3) is 0 Å². The molecule has 0 aromatic rings. The molecule has 0 spiro atoms. The molecule has 0 fully saturated rings. The molecular weight excluding hydrogens is 246 g/mol. The molecule has 0 saturated carbocycles. The molecule has 0 saturated heterocycles. The van der Waals surface area contributed by atoms with Crippen LogP contribution in [0.15, 0.2) is 0 Å². The predicted octanol–water partition coefficient (Wildman–Crippen LogP) is 0.971. The Bertz CT molecular complexity index is 256. The SMILES string of the molecule is CCN(CC)CCNC(=O)NCCCCC(=O)OC. The Hall–Kier alpha value is -1.30. The van der Waals surface area contributed by atoms with Crippen LogP contribution in [0.5, 0.6) is 0 Å². The smallest absolute Gasteiger partial charge is 0.314 e. The fourth-order valence-electron chi connectivity index (χ4n) is 1.63. The second kappa shape index (κ2) is 11.8. The van der Waals surface area contributed by atoms with Gasteiger partial charge in [0.05, 0.1) is 7.11 Å². The third kappa shape index (κ3) is 10.3. The third-order valence-electron chi connectivity index (χ3n) is 2.93. The number of rotatable bonds is 10. The maximum atomic E-state index is 11.4. The number of esters is 1. The quantitative estimate of drug-likeness (QED) is 0.459.